The molecule has 0 atom stereocenters. The van der Waals surface area contributed by atoms with Crippen LogP contribution >= 0.6 is 0 Å². The van der Waals surface area contributed by atoms with Crippen molar-refractivity contribution in [3.8, 4) is 0 Å². The SMILES string of the molecule is O=C(c1ccccc1F)N(Cc1ccco1)C1CCCC1. The summed E-state index contributed by atoms with van der Waals surface area (Å²) in [6.45, 7) is 0.394. The molecule has 1 fully saturated rings. The van der Waals surface area contributed by atoms with Gasteiger partial charge in [-0.1, -0.05) is 25.0 Å². The van der Waals surface area contributed by atoms with E-state index in [9.17, 15) is 9.18 Å². The van der Waals surface area contributed by atoms with Crippen LogP contribution in [0.1, 0.15) is 41.8 Å². The lowest BCUT2D eigenvalue weighted by molar-refractivity contribution is 0.0644. The lowest BCUT2D eigenvalue weighted by Gasteiger charge is -2.28. The predicted octanol–water partition coefficient (Wildman–Crippen LogP) is 4.00. The van der Waals surface area contributed by atoms with Crippen molar-refractivity contribution in [1.82, 2.24) is 4.90 Å². The Morgan fingerprint density at radius 3 is 2.62 bits per heavy atom. The number of hydrogen-bond acceptors (Lipinski definition) is 2. The molecule has 0 saturated heterocycles. The highest BCUT2D eigenvalue weighted by atomic mass is 19.1. The van der Waals surface area contributed by atoms with Crippen molar-refractivity contribution in [2.24, 2.45) is 0 Å². The van der Waals surface area contributed by atoms with Crippen LogP contribution in [0.4, 0.5) is 4.39 Å². The van der Waals surface area contributed by atoms with E-state index in [-0.39, 0.29) is 17.5 Å². The smallest absolute Gasteiger partial charge is 0.257 e. The van der Waals surface area contributed by atoms with Crippen molar-refractivity contribution in [2.75, 3.05) is 0 Å². The summed E-state index contributed by atoms with van der Waals surface area (Å²) in [6, 6.07) is 9.97. The van der Waals surface area contributed by atoms with Gasteiger partial charge in [0.05, 0.1) is 18.4 Å². The third-order valence-corrected chi connectivity index (χ3v) is 4.04. The van der Waals surface area contributed by atoms with Crippen molar-refractivity contribution in [3.63, 3.8) is 0 Å². The Bertz CT molecular complexity index is 603. The van der Waals surface area contributed by atoms with E-state index in [2.05, 4.69) is 0 Å². The summed E-state index contributed by atoms with van der Waals surface area (Å²) in [4.78, 5) is 14.5. The second kappa shape index (κ2) is 6.12. The van der Waals surface area contributed by atoms with E-state index in [1.165, 1.54) is 6.07 Å². The van der Waals surface area contributed by atoms with Crippen molar-refractivity contribution < 1.29 is 13.6 Å². The van der Waals surface area contributed by atoms with Crippen LogP contribution < -0.4 is 0 Å². The fourth-order valence-corrected chi connectivity index (χ4v) is 2.94. The van der Waals surface area contributed by atoms with Crippen LogP contribution in [0.3, 0.4) is 0 Å². The molecule has 3 rings (SSSR count). The van der Waals surface area contributed by atoms with Crippen LogP contribution in [0, 0.1) is 5.82 Å². The molecule has 2 aromatic rings. The zero-order valence-electron chi connectivity index (χ0n) is 11.8. The lowest BCUT2D eigenvalue weighted by atomic mass is 10.1. The predicted molar refractivity (Wildman–Crippen MR) is 77.2 cm³/mol. The molecule has 4 heteroatoms. The van der Waals surface area contributed by atoms with Gasteiger partial charge in [0.15, 0.2) is 0 Å². The summed E-state index contributed by atoms with van der Waals surface area (Å²) in [5.41, 5.74) is 0.135. The van der Waals surface area contributed by atoms with Gasteiger partial charge in [-0.05, 0) is 37.1 Å². The van der Waals surface area contributed by atoms with Crippen LogP contribution in [0.2, 0.25) is 0 Å². The van der Waals surface area contributed by atoms with E-state index in [1.54, 1.807) is 35.4 Å². The van der Waals surface area contributed by atoms with Crippen LogP contribution in [0.25, 0.3) is 0 Å². The van der Waals surface area contributed by atoms with E-state index in [1.807, 2.05) is 6.07 Å². The highest BCUT2D eigenvalue weighted by molar-refractivity contribution is 5.94. The van der Waals surface area contributed by atoms with Gasteiger partial charge in [-0.2, -0.15) is 0 Å². The Morgan fingerprint density at radius 2 is 1.95 bits per heavy atom. The van der Waals surface area contributed by atoms with Gasteiger partial charge in [0, 0.05) is 6.04 Å². The molecule has 0 unspecified atom stereocenters. The number of hydrogen-bond donors (Lipinski definition) is 0. The molecule has 0 radical (unpaired) electrons. The molecule has 1 aliphatic rings. The standard InChI is InChI=1S/C17H18FNO2/c18-16-10-4-3-9-15(16)17(20)19(13-6-1-2-7-13)12-14-8-5-11-21-14/h3-5,8-11,13H,1-2,6-7,12H2. The fraction of sp³-hybridized carbons (Fsp3) is 0.353. The molecule has 110 valence electrons. The molecule has 21 heavy (non-hydrogen) atoms. The van der Waals surface area contributed by atoms with E-state index in [0.29, 0.717) is 6.54 Å². The molecule has 1 amide bonds. The van der Waals surface area contributed by atoms with Gasteiger partial charge >= 0.3 is 0 Å². The first-order valence-electron chi connectivity index (χ1n) is 7.33. The first-order valence-corrected chi connectivity index (χ1v) is 7.33. The van der Waals surface area contributed by atoms with E-state index in [4.69, 9.17) is 4.42 Å². The number of halogens is 1. The topological polar surface area (TPSA) is 33.5 Å². The third-order valence-electron chi connectivity index (χ3n) is 4.04. The number of carbonyl (C=O) groups excluding carboxylic acids is 1. The van der Waals surface area contributed by atoms with Gasteiger partial charge in [-0.25, -0.2) is 4.39 Å². The Balaban J connectivity index is 1.87. The third kappa shape index (κ3) is 2.99. The maximum absolute atomic E-state index is 13.9. The maximum atomic E-state index is 13.9. The average molecular weight is 287 g/mol. The molecule has 3 nitrogen and oxygen atoms in total. The Labute approximate surface area is 123 Å². The first kappa shape index (κ1) is 13.9. The van der Waals surface area contributed by atoms with Crippen molar-refractivity contribution >= 4 is 5.91 Å². The normalized spacial score (nSPS) is 15.3. The Hall–Kier alpha value is -2.10. The van der Waals surface area contributed by atoms with Gasteiger partial charge < -0.3 is 9.32 Å². The average Bonchev–Trinajstić information content (AvgIpc) is 3.18. The zero-order chi connectivity index (χ0) is 14.7. The summed E-state index contributed by atoms with van der Waals surface area (Å²) < 4.78 is 19.2. The molecule has 0 bridgehead atoms. The van der Waals surface area contributed by atoms with Gasteiger partial charge in [0.2, 0.25) is 0 Å². The summed E-state index contributed by atoms with van der Waals surface area (Å²) in [5, 5.41) is 0. The summed E-state index contributed by atoms with van der Waals surface area (Å²) in [6.07, 6.45) is 5.77. The molecule has 0 spiro atoms. The quantitative estimate of drug-likeness (QED) is 0.851. The number of carbonyl (C=O) groups is 1. The summed E-state index contributed by atoms with van der Waals surface area (Å²) in [5.74, 6) is 0.00734. The van der Waals surface area contributed by atoms with Crippen LogP contribution in [0.5, 0.6) is 0 Å². The molecule has 1 saturated carbocycles. The molecule has 0 aliphatic heterocycles. The van der Waals surface area contributed by atoms with Crippen LogP contribution in [-0.4, -0.2) is 16.8 Å². The van der Waals surface area contributed by atoms with Crippen LogP contribution in [-0.2, 0) is 6.54 Å². The minimum absolute atomic E-state index is 0.135. The summed E-state index contributed by atoms with van der Waals surface area (Å²) >= 11 is 0. The fourth-order valence-electron chi connectivity index (χ4n) is 2.94. The van der Waals surface area contributed by atoms with Crippen molar-refractivity contribution in [1.29, 1.82) is 0 Å². The van der Waals surface area contributed by atoms with E-state index in [0.717, 1.165) is 31.4 Å². The number of nitrogens with zero attached hydrogens (tertiary/aromatic N) is 1. The minimum atomic E-state index is -0.468. The minimum Gasteiger partial charge on any atom is -0.467 e. The van der Waals surface area contributed by atoms with E-state index >= 15 is 0 Å². The first-order chi connectivity index (χ1) is 10.3. The van der Waals surface area contributed by atoms with Gasteiger partial charge in [0.25, 0.3) is 5.91 Å². The largest absolute Gasteiger partial charge is 0.467 e. The molecule has 0 N–H and O–H groups in total. The molecule has 1 heterocycles. The number of benzene rings is 1. The Kier molecular flexibility index (Phi) is 4.04. The Morgan fingerprint density at radius 1 is 1.19 bits per heavy atom. The zero-order valence-corrected chi connectivity index (χ0v) is 11.8. The number of rotatable bonds is 4. The lowest BCUT2D eigenvalue weighted by Crippen LogP contribution is -2.38. The molecule has 1 aliphatic carbocycles. The molecular formula is C17H18FNO2. The molecule has 1 aromatic heterocycles. The monoisotopic (exact) mass is 287 g/mol. The highest BCUT2D eigenvalue weighted by Crippen LogP contribution is 2.27. The second-order valence-corrected chi connectivity index (χ2v) is 5.43. The van der Waals surface area contributed by atoms with Crippen LogP contribution in [0.15, 0.2) is 47.1 Å². The second-order valence-electron chi connectivity index (χ2n) is 5.43. The van der Waals surface area contributed by atoms with Crippen molar-refractivity contribution in [2.45, 2.75) is 38.3 Å². The van der Waals surface area contributed by atoms with Gasteiger partial charge in [-0.15, -0.1) is 0 Å². The van der Waals surface area contributed by atoms with E-state index < -0.39 is 5.82 Å². The van der Waals surface area contributed by atoms with Crippen molar-refractivity contribution in [3.05, 3.63) is 59.8 Å². The maximum Gasteiger partial charge on any atom is 0.257 e. The molecular weight excluding hydrogens is 269 g/mol. The number of amides is 1. The van der Waals surface area contributed by atoms with Gasteiger partial charge in [-0.3, -0.25) is 4.79 Å². The summed E-state index contributed by atoms with van der Waals surface area (Å²) in [7, 11) is 0. The van der Waals surface area contributed by atoms with Gasteiger partial charge in [0.1, 0.15) is 11.6 Å². The number of furan rings is 1. The molecule has 1 aromatic carbocycles. The highest BCUT2D eigenvalue weighted by Gasteiger charge is 2.29.